The van der Waals surface area contributed by atoms with Crippen molar-refractivity contribution in [1.82, 2.24) is 24.9 Å². The van der Waals surface area contributed by atoms with Gasteiger partial charge in [0, 0.05) is 18.0 Å². The minimum absolute atomic E-state index is 0.284. The Balaban J connectivity index is 1.44. The number of nitrogens with zero attached hydrogens (tertiary/aromatic N) is 5. The van der Waals surface area contributed by atoms with Crippen LogP contribution in [-0.2, 0) is 0 Å². The first-order valence-electron chi connectivity index (χ1n) is 7.84. The van der Waals surface area contributed by atoms with Gasteiger partial charge in [-0.2, -0.15) is 0 Å². The van der Waals surface area contributed by atoms with Gasteiger partial charge < -0.3 is 14.5 Å². The van der Waals surface area contributed by atoms with Crippen LogP contribution in [0.4, 0.5) is 5.69 Å². The van der Waals surface area contributed by atoms with Crippen molar-refractivity contribution in [3.05, 3.63) is 73.5 Å². The van der Waals surface area contributed by atoms with Crippen molar-refractivity contribution in [2.24, 2.45) is 0 Å². The van der Waals surface area contributed by atoms with E-state index in [-0.39, 0.29) is 11.6 Å². The van der Waals surface area contributed by atoms with Crippen molar-refractivity contribution >= 4 is 11.6 Å². The molecule has 4 rings (SSSR count). The number of rotatable bonds is 5. The Bertz CT molecular complexity index is 1040. The lowest BCUT2D eigenvalue weighted by atomic mass is 10.3. The molecule has 9 nitrogen and oxygen atoms in total. The maximum atomic E-state index is 12.1. The fraction of sp³-hybridized carbons (Fsp3) is 0. The highest BCUT2D eigenvalue weighted by atomic mass is 16.5. The van der Waals surface area contributed by atoms with E-state index in [0.717, 1.165) is 0 Å². The number of ether oxygens (including phenoxy) is 1. The van der Waals surface area contributed by atoms with Gasteiger partial charge in [-0.1, -0.05) is 0 Å². The van der Waals surface area contributed by atoms with Crippen LogP contribution in [0, 0.1) is 0 Å². The molecule has 1 N–H and O–H groups in total. The summed E-state index contributed by atoms with van der Waals surface area (Å²) in [6.07, 6.45) is 7.09. The number of aromatic nitrogens is 5. The van der Waals surface area contributed by atoms with Crippen molar-refractivity contribution in [2.45, 2.75) is 0 Å². The van der Waals surface area contributed by atoms with E-state index in [1.807, 2.05) is 0 Å². The van der Waals surface area contributed by atoms with E-state index in [4.69, 9.17) is 9.15 Å². The zero-order valence-corrected chi connectivity index (χ0v) is 13.8. The van der Waals surface area contributed by atoms with Crippen molar-refractivity contribution < 1.29 is 13.9 Å². The first kappa shape index (κ1) is 16.3. The Labute approximate surface area is 153 Å². The number of hydrogen-bond donors (Lipinski definition) is 1. The van der Waals surface area contributed by atoms with E-state index in [1.54, 1.807) is 36.5 Å². The normalized spacial score (nSPS) is 10.4. The predicted octanol–water partition coefficient (Wildman–Crippen LogP) is 2.97. The van der Waals surface area contributed by atoms with Crippen molar-refractivity contribution in [1.29, 1.82) is 0 Å². The van der Waals surface area contributed by atoms with Gasteiger partial charge in [-0.15, -0.1) is 0 Å². The topological polar surface area (TPSA) is 116 Å². The highest BCUT2D eigenvalue weighted by molar-refractivity contribution is 6.02. The lowest BCUT2D eigenvalue weighted by Gasteiger charge is -2.07. The van der Waals surface area contributed by atoms with E-state index >= 15 is 0 Å². The van der Waals surface area contributed by atoms with Gasteiger partial charge in [0.15, 0.2) is 12.2 Å². The molecule has 1 amide bonds. The Morgan fingerprint density at radius 2 is 1.89 bits per heavy atom. The van der Waals surface area contributed by atoms with Crippen LogP contribution >= 0.6 is 0 Å². The molecule has 0 atom stereocenters. The van der Waals surface area contributed by atoms with Gasteiger partial charge in [0.05, 0.1) is 6.20 Å². The first-order valence-corrected chi connectivity index (χ1v) is 7.84. The monoisotopic (exact) mass is 360 g/mol. The molecule has 132 valence electrons. The largest absolute Gasteiger partial charge is 0.442 e. The summed E-state index contributed by atoms with van der Waals surface area (Å²) in [7, 11) is 0. The summed E-state index contributed by atoms with van der Waals surface area (Å²) in [6, 6.07) is 10.0. The van der Waals surface area contributed by atoms with Gasteiger partial charge in [0.2, 0.25) is 5.88 Å². The van der Waals surface area contributed by atoms with E-state index < -0.39 is 0 Å². The molecule has 0 aliphatic carbocycles. The van der Waals surface area contributed by atoms with Crippen molar-refractivity contribution in [3.63, 3.8) is 0 Å². The molecule has 0 saturated carbocycles. The Morgan fingerprint density at radius 1 is 1.00 bits per heavy atom. The number of carbonyl (C=O) groups is 1. The van der Waals surface area contributed by atoms with Crippen LogP contribution in [0.5, 0.6) is 11.6 Å². The third-order valence-corrected chi connectivity index (χ3v) is 3.48. The summed E-state index contributed by atoms with van der Waals surface area (Å²) in [6.45, 7) is 0. The third-order valence-electron chi connectivity index (χ3n) is 3.48. The molecule has 27 heavy (non-hydrogen) atoms. The Hall–Kier alpha value is -4.14. The quantitative estimate of drug-likeness (QED) is 0.577. The smallest absolute Gasteiger partial charge is 0.274 e. The molecule has 0 aliphatic heterocycles. The van der Waals surface area contributed by atoms with Crippen LogP contribution in [-0.4, -0.2) is 30.8 Å². The molecule has 0 radical (unpaired) electrons. The lowest BCUT2D eigenvalue weighted by Crippen LogP contribution is -2.13. The molecule has 4 aromatic rings. The number of carbonyl (C=O) groups excluding carboxylic acids is 1. The molecule has 0 spiro atoms. The summed E-state index contributed by atoms with van der Waals surface area (Å²) in [4.78, 5) is 31.8. The molecular weight excluding hydrogens is 348 g/mol. The number of nitrogens with one attached hydrogen (secondary N) is 1. The van der Waals surface area contributed by atoms with Crippen LogP contribution in [0.2, 0.25) is 0 Å². The fourth-order valence-corrected chi connectivity index (χ4v) is 2.22. The van der Waals surface area contributed by atoms with Crippen molar-refractivity contribution in [2.75, 3.05) is 5.32 Å². The zero-order chi connectivity index (χ0) is 18.5. The minimum atomic E-state index is -0.321. The first-order chi connectivity index (χ1) is 13.3. The van der Waals surface area contributed by atoms with Gasteiger partial charge in [-0.3, -0.25) is 4.79 Å². The number of anilines is 1. The van der Waals surface area contributed by atoms with Gasteiger partial charge in [-0.25, -0.2) is 24.9 Å². The molecular formula is C18H12N6O3. The maximum absolute atomic E-state index is 12.1. The second-order valence-electron chi connectivity index (χ2n) is 5.28. The number of benzene rings is 1. The maximum Gasteiger partial charge on any atom is 0.274 e. The van der Waals surface area contributed by atoms with Gasteiger partial charge in [-0.05, 0) is 30.3 Å². The summed E-state index contributed by atoms with van der Waals surface area (Å²) in [5.41, 5.74) is 1.45. The van der Waals surface area contributed by atoms with Crippen LogP contribution in [0.15, 0.2) is 72.3 Å². The summed E-state index contributed by atoms with van der Waals surface area (Å²) in [5, 5.41) is 2.75. The van der Waals surface area contributed by atoms with E-state index in [0.29, 0.717) is 28.8 Å². The Morgan fingerprint density at radius 3 is 2.63 bits per heavy atom. The highest BCUT2D eigenvalue weighted by Gasteiger charge is 2.09. The molecule has 3 heterocycles. The molecule has 0 saturated heterocycles. The third kappa shape index (κ3) is 3.93. The van der Waals surface area contributed by atoms with Gasteiger partial charge in [0.25, 0.3) is 5.91 Å². The van der Waals surface area contributed by atoms with Crippen molar-refractivity contribution in [3.8, 4) is 23.1 Å². The summed E-state index contributed by atoms with van der Waals surface area (Å²) >= 11 is 0. The molecule has 9 heteroatoms. The van der Waals surface area contributed by atoms with E-state index in [2.05, 4.69) is 30.2 Å². The van der Waals surface area contributed by atoms with Crippen LogP contribution in [0.3, 0.4) is 0 Å². The average Bonchev–Trinajstić information content (AvgIpc) is 3.25. The standard InChI is InChI=1S/C18H12N6O3/c25-18(14-5-6-19-9-21-14)24-12-1-3-13(4-2-12)27-17-7-15(22-10-23-17)16-8-20-11-26-16/h1-11H,(H,24,25). The van der Waals surface area contributed by atoms with E-state index in [1.165, 1.54) is 31.3 Å². The van der Waals surface area contributed by atoms with Crippen LogP contribution in [0.1, 0.15) is 10.5 Å². The second-order valence-corrected chi connectivity index (χ2v) is 5.28. The SMILES string of the molecule is O=C(Nc1ccc(Oc2cc(-c3cnco3)ncn2)cc1)c1ccncn1. The molecule has 0 unspecified atom stereocenters. The predicted molar refractivity (Wildman–Crippen MR) is 94.0 cm³/mol. The Kier molecular flexibility index (Phi) is 4.48. The molecule has 0 bridgehead atoms. The average molecular weight is 360 g/mol. The van der Waals surface area contributed by atoms with E-state index in [9.17, 15) is 4.79 Å². The van der Waals surface area contributed by atoms with Gasteiger partial charge in [0.1, 0.15) is 29.8 Å². The number of oxazole rings is 1. The summed E-state index contributed by atoms with van der Waals surface area (Å²) < 4.78 is 10.9. The second kappa shape index (κ2) is 7.40. The molecule has 0 fully saturated rings. The highest BCUT2D eigenvalue weighted by Crippen LogP contribution is 2.24. The molecule has 3 aromatic heterocycles. The van der Waals surface area contributed by atoms with Gasteiger partial charge >= 0.3 is 0 Å². The number of amides is 1. The van der Waals surface area contributed by atoms with Crippen LogP contribution < -0.4 is 10.1 Å². The molecule has 0 aliphatic rings. The van der Waals surface area contributed by atoms with Crippen LogP contribution in [0.25, 0.3) is 11.5 Å². The lowest BCUT2D eigenvalue weighted by molar-refractivity contribution is 0.102. The molecule has 1 aromatic carbocycles. The number of hydrogen-bond acceptors (Lipinski definition) is 8. The minimum Gasteiger partial charge on any atom is -0.442 e. The summed E-state index contributed by atoms with van der Waals surface area (Å²) in [5.74, 6) is 1.11. The fourth-order valence-electron chi connectivity index (χ4n) is 2.22. The zero-order valence-electron chi connectivity index (χ0n) is 13.8.